The Morgan fingerprint density at radius 3 is 2.58 bits per heavy atom. The van der Waals surface area contributed by atoms with E-state index in [1.165, 1.54) is 32.1 Å². The first-order valence-corrected chi connectivity index (χ1v) is 16.2. The molecule has 220 valence electrons. The van der Waals surface area contributed by atoms with Crippen LogP contribution in [0, 0.1) is 12.8 Å². The molecule has 0 aliphatic heterocycles. The second-order valence-electron chi connectivity index (χ2n) is 10.9. The molecule has 0 saturated heterocycles. The predicted molar refractivity (Wildman–Crippen MR) is 164 cm³/mol. The SMILES string of the molecule is CCCCOC[C@H](CC1CCCCC1)OCc1ccc(C(=O)N[C@@H](CCSC)C(=O)O)c(-c2ccccc2C)c1. The molecule has 2 aromatic rings. The van der Waals surface area contributed by atoms with Crippen molar-refractivity contribution < 1.29 is 24.2 Å². The number of rotatable bonds is 17. The van der Waals surface area contributed by atoms with E-state index in [1.807, 2.05) is 49.6 Å². The lowest BCUT2D eigenvalue weighted by atomic mass is 9.85. The summed E-state index contributed by atoms with van der Waals surface area (Å²) >= 11 is 1.56. The fraction of sp³-hybridized carbons (Fsp3) is 0.576. The van der Waals surface area contributed by atoms with E-state index in [-0.39, 0.29) is 12.0 Å². The Bertz CT molecular complexity index is 1070. The number of hydrogen-bond donors (Lipinski definition) is 2. The Hall–Kier alpha value is -2.35. The molecule has 0 radical (unpaired) electrons. The van der Waals surface area contributed by atoms with E-state index in [2.05, 4.69) is 12.2 Å². The number of nitrogens with one attached hydrogen (secondary N) is 1. The van der Waals surface area contributed by atoms with Crippen LogP contribution in [0.5, 0.6) is 0 Å². The molecule has 2 N–H and O–H groups in total. The molecule has 1 aliphatic carbocycles. The summed E-state index contributed by atoms with van der Waals surface area (Å²) in [6, 6.07) is 12.8. The summed E-state index contributed by atoms with van der Waals surface area (Å²) in [6.07, 6.45) is 12.0. The number of hydrogen-bond acceptors (Lipinski definition) is 5. The third kappa shape index (κ3) is 10.2. The van der Waals surface area contributed by atoms with Gasteiger partial charge < -0.3 is 19.9 Å². The van der Waals surface area contributed by atoms with E-state index in [0.29, 0.717) is 36.9 Å². The number of aliphatic carboxylic acids is 1. The lowest BCUT2D eigenvalue weighted by Crippen LogP contribution is -2.41. The van der Waals surface area contributed by atoms with Crippen LogP contribution in [0.1, 0.15) is 86.2 Å². The molecule has 0 spiro atoms. The van der Waals surface area contributed by atoms with Gasteiger partial charge in [-0.1, -0.05) is 75.8 Å². The van der Waals surface area contributed by atoms with Crippen LogP contribution in [0.15, 0.2) is 42.5 Å². The van der Waals surface area contributed by atoms with Crippen molar-refractivity contribution in [2.24, 2.45) is 5.92 Å². The third-order valence-corrected chi connectivity index (χ3v) is 8.37. The summed E-state index contributed by atoms with van der Waals surface area (Å²) in [4.78, 5) is 25.2. The van der Waals surface area contributed by atoms with E-state index < -0.39 is 12.0 Å². The topological polar surface area (TPSA) is 84.9 Å². The molecule has 1 amide bonds. The molecule has 0 aromatic heterocycles. The van der Waals surface area contributed by atoms with Crippen LogP contribution in [-0.4, -0.2) is 54.4 Å². The highest BCUT2D eigenvalue weighted by Crippen LogP contribution is 2.31. The minimum Gasteiger partial charge on any atom is -0.480 e. The van der Waals surface area contributed by atoms with Gasteiger partial charge in [0, 0.05) is 12.2 Å². The molecular formula is C33H47NO5S. The number of carboxylic acids is 1. The standard InChI is InChI=1S/C33H47NO5S/c1-4-5-18-38-23-27(20-25-12-7-6-8-13-25)39-22-26-15-16-29(30(21-26)28-14-10-9-11-24(28)2)32(35)34-31(33(36)37)17-19-40-3/h9-11,14-16,21,25,27,31H,4-8,12-13,17-20,22-23H2,1-3H3,(H,34,35)(H,36,37)/t27-,31-/m0/s1. The second kappa shape index (κ2) is 17.5. The Balaban J connectivity index is 1.80. The number of benzene rings is 2. The summed E-state index contributed by atoms with van der Waals surface area (Å²) < 4.78 is 12.4. The van der Waals surface area contributed by atoms with E-state index in [4.69, 9.17) is 9.47 Å². The average molecular weight is 570 g/mol. The van der Waals surface area contributed by atoms with Gasteiger partial charge in [-0.05, 0) is 78.5 Å². The highest BCUT2D eigenvalue weighted by molar-refractivity contribution is 7.98. The van der Waals surface area contributed by atoms with Crippen LogP contribution in [0.25, 0.3) is 11.1 Å². The van der Waals surface area contributed by atoms with Gasteiger partial charge in [-0.2, -0.15) is 11.8 Å². The molecule has 7 heteroatoms. The zero-order chi connectivity index (χ0) is 28.7. The summed E-state index contributed by atoms with van der Waals surface area (Å²) in [5.74, 6) is -0.0494. The maximum Gasteiger partial charge on any atom is 0.326 e. The molecule has 2 aromatic carbocycles. The molecule has 2 atom stereocenters. The molecule has 0 heterocycles. The van der Waals surface area contributed by atoms with Crippen LogP contribution < -0.4 is 5.32 Å². The number of unbranched alkanes of at least 4 members (excludes halogenated alkanes) is 1. The minimum atomic E-state index is -1.02. The van der Waals surface area contributed by atoms with Crippen molar-refractivity contribution in [3.63, 3.8) is 0 Å². The van der Waals surface area contributed by atoms with Crippen molar-refractivity contribution in [2.75, 3.05) is 25.2 Å². The van der Waals surface area contributed by atoms with Gasteiger partial charge in [0.15, 0.2) is 0 Å². The van der Waals surface area contributed by atoms with Gasteiger partial charge in [-0.25, -0.2) is 4.79 Å². The van der Waals surface area contributed by atoms with Gasteiger partial charge in [0.25, 0.3) is 5.91 Å². The molecule has 1 saturated carbocycles. The Morgan fingerprint density at radius 1 is 1.10 bits per heavy atom. The molecule has 40 heavy (non-hydrogen) atoms. The molecule has 3 rings (SSSR count). The van der Waals surface area contributed by atoms with Gasteiger partial charge in [0.2, 0.25) is 0 Å². The normalized spacial score (nSPS) is 15.5. The van der Waals surface area contributed by atoms with Crippen molar-refractivity contribution >= 4 is 23.6 Å². The van der Waals surface area contributed by atoms with Gasteiger partial charge >= 0.3 is 5.97 Å². The Morgan fingerprint density at radius 2 is 1.88 bits per heavy atom. The number of carboxylic acid groups (broad SMARTS) is 1. The molecule has 0 bridgehead atoms. The second-order valence-corrected chi connectivity index (χ2v) is 11.9. The van der Waals surface area contributed by atoms with Crippen molar-refractivity contribution in [1.29, 1.82) is 0 Å². The fourth-order valence-electron chi connectivity index (χ4n) is 5.36. The van der Waals surface area contributed by atoms with Gasteiger partial charge in [0.05, 0.1) is 19.3 Å². The number of ether oxygens (including phenoxy) is 2. The number of carbonyl (C=O) groups excluding carboxylic acids is 1. The van der Waals surface area contributed by atoms with E-state index in [9.17, 15) is 14.7 Å². The van der Waals surface area contributed by atoms with Crippen LogP contribution in [-0.2, 0) is 20.9 Å². The van der Waals surface area contributed by atoms with Gasteiger partial charge in [-0.15, -0.1) is 0 Å². The van der Waals surface area contributed by atoms with Crippen molar-refractivity contribution in [3.8, 4) is 11.1 Å². The zero-order valence-corrected chi connectivity index (χ0v) is 25.3. The fourth-order valence-corrected chi connectivity index (χ4v) is 5.83. The highest BCUT2D eigenvalue weighted by Gasteiger charge is 2.24. The monoisotopic (exact) mass is 569 g/mol. The summed E-state index contributed by atoms with van der Waals surface area (Å²) in [5, 5.41) is 12.4. The lowest BCUT2D eigenvalue weighted by molar-refractivity contribution is -0.139. The molecule has 1 aliphatic rings. The van der Waals surface area contributed by atoms with Crippen molar-refractivity contribution in [2.45, 2.75) is 90.4 Å². The first-order valence-electron chi connectivity index (χ1n) is 14.8. The number of carbonyl (C=O) groups is 2. The minimum absolute atomic E-state index is 0.0394. The van der Waals surface area contributed by atoms with Crippen LogP contribution >= 0.6 is 11.8 Å². The Kier molecular flexibility index (Phi) is 14.0. The lowest BCUT2D eigenvalue weighted by Gasteiger charge is -2.27. The first-order chi connectivity index (χ1) is 19.4. The van der Waals surface area contributed by atoms with Crippen LogP contribution in [0.3, 0.4) is 0 Å². The third-order valence-electron chi connectivity index (χ3n) is 7.73. The smallest absolute Gasteiger partial charge is 0.326 e. The quantitative estimate of drug-likeness (QED) is 0.195. The van der Waals surface area contributed by atoms with E-state index in [1.54, 1.807) is 17.8 Å². The van der Waals surface area contributed by atoms with Crippen LogP contribution in [0.4, 0.5) is 0 Å². The number of amides is 1. The van der Waals surface area contributed by atoms with E-state index in [0.717, 1.165) is 48.1 Å². The van der Waals surface area contributed by atoms with Crippen molar-refractivity contribution in [3.05, 3.63) is 59.2 Å². The van der Waals surface area contributed by atoms with Gasteiger partial charge in [0.1, 0.15) is 6.04 Å². The summed E-state index contributed by atoms with van der Waals surface area (Å²) in [6.45, 7) is 5.99. The van der Waals surface area contributed by atoms with Crippen LogP contribution in [0.2, 0.25) is 0 Å². The zero-order valence-electron chi connectivity index (χ0n) is 24.5. The molecular weight excluding hydrogens is 522 g/mol. The molecule has 0 unspecified atom stereocenters. The Labute approximate surface area is 244 Å². The predicted octanol–water partition coefficient (Wildman–Crippen LogP) is 7.27. The summed E-state index contributed by atoms with van der Waals surface area (Å²) in [7, 11) is 0. The number of aryl methyl sites for hydroxylation is 1. The van der Waals surface area contributed by atoms with E-state index >= 15 is 0 Å². The molecule has 1 fully saturated rings. The summed E-state index contributed by atoms with van der Waals surface area (Å²) in [5.41, 5.74) is 4.23. The molecule has 6 nitrogen and oxygen atoms in total. The first kappa shape index (κ1) is 32.2. The average Bonchev–Trinajstić information content (AvgIpc) is 2.96. The highest BCUT2D eigenvalue weighted by atomic mass is 32.2. The van der Waals surface area contributed by atoms with Gasteiger partial charge in [-0.3, -0.25) is 4.79 Å². The largest absolute Gasteiger partial charge is 0.480 e. The number of thioether (sulfide) groups is 1. The maximum absolute atomic E-state index is 13.4. The van der Waals surface area contributed by atoms with Crippen molar-refractivity contribution in [1.82, 2.24) is 5.32 Å². The maximum atomic E-state index is 13.4.